The molecule has 0 unspecified atom stereocenters. The van der Waals surface area contributed by atoms with Crippen molar-refractivity contribution in [3.8, 4) is 5.75 Å². The SMILES string of the molecule is COc1ccc2[nH]c(C)c(CC(=O)N[C@@H](CCCCCC(C)=O)C(=O)NCCC3CCN(c4ncccn4)CC3)c2c1. The van der Waals surface area contributed by atoms with Crippen molar-refractivity contribution in [1.29, 1.82) is 0 Å². The van der Waals surface area contributed by atoms with Crippen LogP contribution in [0, 0.1) is 12.8 Å². The van der Waals surface area contributed by atoms with Gasteiger partial charge in [0.1, 0.15) is 17.6 Å². The predicted octanol–water partition coefficient (Wildman–Crippen LogP) is 4.26. The van der Waals surface area contributed by atoms with Gasteiger partial charge in [-0.05, 0) is 81.7 Å². The molecule has 1 atom stereocenters. The van der Waals surface area contributed by atoms with Gasteiger partial charge in [-0.2, -0.15) is 0 Å². The van der Waals surface area contributed by atoms with Gasteiger partial charge in [0.05, 0.1) is 13.5 Å². The third-order valence-corrected chi connectivity index (χ3v) is 8.14. The molecule has 1 saturated heterocycles. The molecule has 0 saturated carbocycles. The number of unbranched alkanes of at least 4 members (excludes halogenated alkanes) is 2. The molecule has 1 fully saturated rings. The number of carbonyl (C=O) groups excluding carboxylic acids is 3. The maximum absolute atomic E-state index is 13.3. The zero-order chi connectivity index (χ0) is 29.9. The van der Waals surface area contributed by atoms with Gasteiger partial charge in [0.25, 0.3) is 0 Å². The molecule has 10 heteroatoms. The number of H-pyrrole nitrogens is 1. The first-order chi connectivity index (χ1) is 20.3. The highest BCUT2D eigenvalue weighted by atomic mass is 16.5. The van der Waals surface area contributed by atoms with E-state index in [0.29, 0.717) is 25.3 Å². The molecule has 0 aliphatic carbocycles. The van der Waals surface area contributed by atoms with Crippen molar-refractivity contribution in [1.82, 2.24) is 25.6 Å². The molecule has 0 bridgehead atoms. The summed E-state index contributed by atoms with van der Waals surface area (Å²) in [7, 11) is 1.62. The number of Topliss-reactive ketones (excluding diaryl/α,β-unsaturated/α-hetero) is 1. The average molecular weight is 577 g/mol. The number of methoxy groups -OCH3 is 1. The van der Waals surface area contributed by atoms with Crippen LogP contribution in [0.2, 0.25) is 0 Å². The summed E-state index contributed by atoms with van der Waals surface area (Å²) < 4.78 is 5.38. The minimum Gasteiger partial charge on any atom is -0.497 e. The van der Waals surface area contributed by atoms with Crippen molar-refractivity contribution in [2.75, 3.05) is 31.6 Å². The Morgan fingerprint density at radius 1 is 1.12 bits per heavy atom. The highest BCUT2D eigenvalue weighted by Gasteiger charge is 2.24. The summed E-state index contributed by atoms with van der Waals surface area (Å²) in [6.45, 7) is 5.93. The molecule has 226 valence electrons. The third-order valence-electron chi connectivity index (χ3n) is 8.14. The molecule has 4 rings (SSSR count). The molecule has 1 aliphatic heterocycles. The monoisotopic (exact) mass is 576 g/mol. The Hall–Kier alpha value is -3.95. The highest BCUT2D eigenvalue weighted by Crippen LogP contribution is 2.27. The Bertz CT molecular complexity index is 1330. The molecule has 0 spiro atoms. The topological polar surface area (TPSA) is 129 Å². The van der Waals surface area contributed by atoms with Crippen LogP contribution in [0.15, 0.2) is 36.7 Å². The number of aromatic nitrogens is 3. The molecule has 10 nitrogen and oxygen atoms in total. The molecule has 3 N–H and O–H groups in total. The van der Waals surface area contributed by atoms with Crippen molar-refractivity contribution in [3.63, 3.8) is 0 Å². The first-order valence-electron chi connectivity index (χ1n) is 15.1. The summed E-state index contributed by atoms with van der Waals surface area (Å²) in [5.74, 6) is 1.85. The van der Waals surface area contributed by atoms with E-state index in [1.54, 1.807) is 26.4 Å². The number of rotatable bonds is 15. The van der Waals surface area contributed by atoms with E-state index in [9.17, 15) is 14.4 Å². The fraction of sp³-hybridized carbons (Fsp3) is 0.531. The fourth-order valence-corrected chi connectivity index (χ4v) is 5.69. The second-order valence-corrected chi connectivity index (χ2v) is 11.3. The van der Waals surface area contributed by atoms with E-state index >= 15 is 0 Å². The average Bonchev–Trinajstić information content (AvgIpc) is 3.30. The van der Waals surface area contributed by atoms with Crippen LogP contribution in [0.1, 0.15) is 69.5 Å². The predicted molar refractivity (Wildman–Crippen MR) is 164 cm³/mol. The van der Waals surface area contributed by atoms with Crippen LogP contribution in [-0.2, 0) is 20.8 Å². The number of fused-ring (bicyclic) bond motifs is 1. The summed E-state index contributed by atoms with van der Waals surface area (Å²) in [5.41, 5.74) is 2.76. The smallest absolute Gasteiger partial charge is 0.242 e. The van der Waals surface area contributed by atoms with Gasteiger partial charge in [-0.25, -0.2) is 9.97 Å². The largest absolute Gasteiger partial charge is 0.497 e. The van der Waals surface area contributed by atoms with Crippen molar-refractivity contribution < 1.29 is 19.1 Å². The quantitative estimate of drug-likeness (QED) is 0.231. The molecular weight excluding hydrogens is 532 g/mol. The van der Waals surface area contributed by atoms with Gasteiger partial charge in [0.2, 0.25) is 17.8 Å². The van der Waals surface area contributed by atoms with Gasteiger partial charge in [0, 0.05) is 55.0 Å². The van der Waals surface area contributed by atoms with E-state index in [0.717, 1.165) is 85.5 Å². The summed E-state index contributed by atoms with van der Waals surface area (Å²) in [6.07, 6.45) is 10.1. The van der Waals surface area contributed by atoms with Crippen molar-refractivity contribution in [3.05, 3.63) is 47.9 Å². The lowest BCUT2D eigenvalue weighted by Gasteiger charge is -2.32. The number of nitrogens with zero attached hydrogens (tertiary/aromatic N) is 3. The van der Waals surface area contributed by atoms with Gasteiger partial charge in [-0.15, -0.1) is 0 Å². The van der Waals surface area contributed by atoms with E-state index in [1.807, 2.05) is 31.2 Å². The number of nitrogens with one attached hydrogen (secondary N) is 3. The minimum absolute atomic E-state index is 0.151. The Labute approximate surface area is 248 Å². The van der Waals surface area contributed by atoms with Crippen molar-refractivity contribution >= 4 is 34.4 Å². The lowest BCUT2D eigenvalue weighted by Crippen LogP contribution is -2.47. The van der Waals surface area contributed by atoms with Crippen molar-refractivity contribution in [2.45, 2.75) is 77.7 Å². The van der Waals surface area contributed by atoms with E-state index in [-0.39, 0.29) is 24.0 Å². The minimum atomic E-state index is -0.619. The lowest BCUT2D eigenvalue weighted by molar-refractivity contribution is -0.128. The second kappa shape index (κ2) is 15.3. The number of benzene rings is 1. The summed E-state index contributed by atoms with van der Waals surface area (Å²) >= 11 is 0. The summed E-state index contributed by atoms with van der Waals surface area (Å²) in [5, 5.41) is 7.03. The maximum atomic E-state index is 13.3. The molecule has 3 heterocycles. The Morgan fingerprint density at radius 2 is 1.88 bits per heavy atom. The van der Waals surface area contributed by atoms with Crippen LogP contribution in [-0.4, -0.2) is 65.3 Å². The van der Waals surface area contributed by atoms with Gasteiger partial charge >= 0.3 is 0 Å². The molecule has 1 aliphatic rings. The molecule has 42 heavy (non-hydrogen) atoms. The molecule has 1 aromatic carbocycles. The van der Waals surface area contributed by atoms with Crippen LogP contribution >= 0.6 is 0 Å². The van der Waals surface area contributed by atoms with Crippen LogP contribution < -0.4 is 20.3 Å². The number of aryl methyl sites for hydroxylation is 1. The molecule has 3 aromatic rings. The Morgan fingerprint density at radius 3 is 2.60 bits per heavy atom. The molecular formula is C32H44N6O4. The lowest BCUT2D eigenvalue weighted by atomic mass is 9.93. The van der Waals surface area contributed by atoms with Gasteiger partial charge < -0.3 is 30.0 Å². The number of hydrogen-bond acceptors (Lipinski definition) is 7. The number of carbonyl (C=O) groups is 3. The number of aromatic amines is 1. The first-order valence-corrected chi connectivity index (χ1v) is 15.1. The zero-order valence-corrected chi connectivity index (χ0v) is 25.1. The number of anilines is 1. The number of ether oxygens (including phenoxy) is 1. The Kier molecular flexibility index (Phi) is 11.3. The molecule has 2 amide bonds. The van der Waals surface area contributed by atoms with Gasteiger partial charge in [-0.3, -0.25) is 9.59 Å². The van der Waals surface area contributed by atoms with Crippen LogP contribution in [0.25, 0.3) is 10.9 Å². The number of piperidine rings is 1. The van der Waals surface area contributed by atoms with Crippen LogP contribution in [0.3, 0.4) is 0 Å². The molecule has 2 aromatic heterocycles. The molecule has 0 radical (unpaired) electrons. The number of ketones is 1. The van der Waals surface area contributed by atoms with Gasteiger partial charge in [-0.1, -0.05) is 12.8 Å². The fourth-order valence-electron chi connectivity index (χ4n) is 5.69. The standard InChI is InChI=1S/C32H44N6O4/c1-22(39)8-5-4-6-9-29(37-30(40)21-26-23(2)36-28-11-10-25(42-3)20-27(26)28)31(41)33-17-12-24-13-18-38(19-14-24)32-34-15-7-16-35-32/h7,10-11,15-16,20,24,29,36H,4-6,8-9,12-14,17-19,21H2,1-3H3,(H,33,41)(H,37,40)/t29-/m0/s1. The third kappa shape index (κ3) is 8.77. The summed E-state index contributed by atoms with van der Waals surface area (Å²) in [4.78, 5) is 52.0. The van der Waals surface area contributed by atoms with Crippen LogP contribution in [0.5, 0.6) is 5.75 Å². The highest BCUT2D eigenvalue weighted by molar-refractivity contribution is 5.93. The van der Waals surface area contributed by atoms with Crippen molar-refractivity contribution in [2.24, 2.45) is 5.92 Å². The number of hydrogen-bond donors (Lipinski definition) is 3. The van der Waals surface area contributed by atoms with E-state index in [1.165, 1.54) is 0 Å². The first kappa shape index (κ1) is 31.0. The summed E-state index contributed by atoms with van der Waals surface area (Å²) in [6, 6.07) is 6.96. The normalized spacial score (nSPS) is 14.5. The van der Waals surface area contributed by atoms with E-state index in [4.69, 9.17) is 4.74 Å². The maximum Gasteiger partial charge on any atom is 0.242 e. The van der Waals surface area contributed by atoms with Crippen LogP contribution in [0.4, 0.5) is 5.95 Å². The zero-order valence-electron chi connectivity index (χ0n) is 25.1. The Balaban J connectivity index is 1.30. The second-order valence-electron chi connectivity index (χ2n) is 11.3. The number of amides is 2. The van der Waals surface area contributed by atoms with E-state index < -0.39 is 6.04 Å². The van der Waals surface area contributed by atoms with E-state index in [2.05, 4.69) is 30.5 Å². The van der Waals surface area contributed by atoms with Gasteiger partial charge in [0.15, 0.2) is 0 Å².